The standard InChI is InChI=1S/C53H44N4O/c1-36-29-30-54-51(31-36)57-47-24-9-8-21-45(47)46-28-27-42(34-50(46)57)58-41-20-13-19-40(33-41)55-35-56(49-26-11-10-25-48(49)55)52-43(37-15-6-5-7-16-37)22-14-23-44(52)38-17-12-18-39(32-38)53(2,3)4/h5-34H,35H2,1-4H3/i1D3,5D,6D,7D,8D,9D,15D,16D,21D,24D,27D,28D. The van der Waals surface area contributed by atoms with Crippen molar-refractivity contribution in [2.24, 2.45) is 0 Å². The van der Waals surface area contributed by atoms with Crippen LogP contribution in [-0.2, 0) is 5.41 Å². The van der Waals surface area contributed by atoms with Crippen molar-refractivity contribution in [1.82, 2.24) is 9.55 Å². The first kappa shape index (κ1) is 23.2. The molecule has 0 aliphatic carbocycles. The van der Waals surface area contributed by atoms with E-state index in [0.29, 0.717) is 16.9 Å². The number of pyridine rings is 1. The van der Waals surface area contributed by atoms with E-state index in [9.17, 15) is 2.74 Å². The van der Waals surface area contributed by atoms with Gasteiger partial charge in [0.2, 0.25) is 0 Å². The molecule has 5 heteroatoms. The highest BCUT2D eigenvalue weighted by molar-refractivity contribution is 6.09. The number of anilines is 4. The van der Waals surface area contributed by atoms with E-state index in [1.807, 2.05) is 59.5 Å². The van der Waals surface area contributed by atoms with Gasteiger partial charge in [0.25, 0.3) is 0 Å². The Balaban J connectivity index is 1.12. The Labute approximate surface area is 359 Å². The maximum Gasteiger partial charge on any atom is 0.137 e. The molecule has 0 saturated carbocycles. The molecule has 282 valence electrons. The lowest BCUT2D eigenvalue weighted by molar-refractivity contribution is 0.483. The van der Waals surface area contributed by atoms with Crippen molar-refractivity contribution in [3.63, 3.8) is 0 Å². The van der Waals surface area contributed by atoms with E-state index in [4.69, 9.17) is 21.2 Å². The molecule has 7 aromatic carbocycles. The van der Waals surface area contributed by atoms with Gasteiger partial charge in [-0.2, -0.15) is 0 Å². The van der Waals surface area contributed by atoms with Crippen LogP contribution in [0.25, 0.3) is 49.9 Å². The first-order valence-corrected chi connectivity index (χ1v) is 18.8. The SMILES string of the molecule is [2H]c1c([2H])c([2H])c(-c2cccc(-c3cccc(C(C)(C)C)c3)c2N2CN(c3cccc(Oc4cc5c(c([2H])c4[2H])c4c([2H])c([2H])c([2H])c([2H])c4n5-c4cc(C([2H])([2H])[2H])ccn4)c3)c3ccccc32)c([2H])c1[2H]. The van der Waals surface area contributed by atoms with Gasteiger partial charge >= 0.3 is 0 Å². The van der Waals surface area contributed by atoms with Crippen molar-refractivity contribution < 1.29 is 23.9 Å². The topological polar surface area (TPSA) is 33.5 Å². The van der Waals surface area contributed by atoms with Crippen molar-refractivity contribution in [3.05, 3.63) is 193 Å². The van der Waals surface area contributed by atoms with E-state index in [2.05, 4.69) is 42.8 Å². The molecular formula is C53H44N4O. The smallest absolute Gasteiger partial charge is 0.137 e. The van der Waals surface area contributed by atoms with Crippen LogP contribution in [0, 0.1) is 6.85 Å². The predicted molar refractivity (Wildman–Crippen MR) is 241 cm³/mol. The molecule has 0 amide bonds. The second-order valence-electron chi connectivity index (χ2n) is 15.1. The maximum atomic E-state index is 9.30. The fraction of sp³-hybridized carbons (Fsp3) is 0.113. The zero-order chi connectivity index (χ0) is 51.5. The number of ether oxygens (including phenoxy) is 1. The first-order chi connectivity index (χ1) is 34.1. The Morgan fingerprint density at radius 3 is 2.19 bits per heavy atom. The molecule has 5 nitrogen and oxygen atoms in total. The minimum Gasteiger partial charge on any atom is -0.457 e. The molecule has 0 N–H and O–H groups in total. The predicted octanol–water partition coefficient (Wildman–Crippen LogP) is 14.2. The van der Waals surface area contributed by atoms with Gasteiger partial charge in [0.1, 0.15) is 24.0 Å². The van der Waals surface area contributed by atoms with Gasteiger partial charge in [0, 0.05) is 50.0 Å². The molecule has 0 spiro atoms. The highest BCUT2D eigenvalue weighted by atomic mass is 16.5. The van der Waals surface area contributed by atoms with Crippen LogP contribution in [0.4, 0.5) is 22.7 Å². The fourth-order valence-electron chi connectivity index (χ4n) is 7.67. The van der Waals surface area contributed by atoms with Gasteiger partial charge in [-0.05, 0) is 89.0 Å². The number of aryl methyl sites for hydroxylation is 1. The summed E-state index contributed by atoms with van der Waals surface area (Å²) in [7, 11) is 0. The number of rotatable bonds is 7. The summed E-state index contributed by atoms with van der Waals surface area (Å²) in [5.74, 6) is 0.201. The number of nitrogens with zero attached hydrogens (tertiary/aromatic N) is 4. The van der Waals surface area contributed by atoms with Gasteiger partial charge < -0.3 is 14.5 Å². The summed E-state index contributed by atoms with van der Waals surface area (Å²) in [4.78, 5) is 8.54. The fourth-order valence-corrected chi connectivity index (χ4v) is 7.67. The molecule has 1 aliphatic rings. The Kier molecular flexibility index (Phi) is 5.65. The second kappa shape index (κ2) is 14.1. The van der Waals surface area contributed by atoms with Crippen LogP contribution in [0.5, 0.6) is 11.5 Å². The quantitative estimate of drug-likeness (QED) is 0.162. The molecule has 1 aliphatic heterocycles. The molecule has 3 heterocycles. The Bertz CT molecular complexity index is 3700. The second-order valence-corrected chi connectivity index (χ2v) is 15.1. The minimum absolute atomic E-state index is 0.0224. The van der Waals surface area contributed by atoms with Gasteiger partial charge in [-0.25, -0.2) is 4.98 Å². The average Bonchev–Trinajstić information content (AvgIpc) is 3.92. The highest BCUT2D eigenvalue weighted by Gasteiger charge is 2.31. The number of fused-ring (bicyclic) bond motifs is 4. The number of para-hydroxylation sites is 4. The average molecular weight is 767 g/mol. The maximum absolute atomic E-state index is 9.30. The summed E-state index contributed by atoms with van der Waals surface area (Å²) < 4.78 is 129. The van der Waals surface area contributed by atoms with Gasteiger partial charge in [-0.15, -0.1) is 0 Å². The lowest BCUT2D eigenvalue weighted by Crippen LogP contribution is -2.25. The third kappa shape index (κ3) is 6.25. The normalized spacial score (nSPS) is 16.3. The summed E-state index contributed by atoms with van der Waals surface area (Å²) >= 11 is 0. The third-order valence-corrected chi connectivity index (χ3v) is 10.4. The van der Waals surface area contributed by atoms with Crippen LogP contribution in [-0.4, -0.2) is 16.2 Å². The van der Waals surface area contributed by atoms with Crippen LogP contribution in [0.3, 0.4) is 0 Å². The third-order valence-electron chi connectivity index (χ3n) is 10.4. The molecule has 0 atom stereocenters. The van der Waals surface area contributed by atoms with Gasteiger partial charge in [-0.3, -0.25) is 4.57 Å². The van der Waals surface area contributed by atoms with E-state index in [1.165, 1.54) is 29.0 Å². The van der Waals surface area contributed by atoms with Crippen LogP contribution in [0.15, 0.2) is 182 Å². The van der Waals surface area contributed by atoms with Crippen molar-refractivity contribution in [3.8, 4) is 39.6 Å². The molecule has 0 unspecified atom stereocenters. The monoisotopic (exact) mass is 766 g/mol. The molecule has 58 heavy (non-hydrogen) atoms. The van der Waals surface area contributed by atoms with E-state index >= 15 is 0 Å². The Hall–Kier alpha value is -7.11. The summed E-state index contributed by atoms with van der Waals surface area (Å²) in [6, 6.07) is 27.9. The Morgan fingerprint density at radius 2 is 1.36 bits per heavy atom. The number of benzene rings is 7. The van der Waals surface area contributed by atoms with Crippen molar-refractivity contribution in [2.45, 2.75) is 33.0 Å². The van der Waals surface area contributed by atoms with Crippen LogP contribution < -0.4 is 14.5 Å². The first-order valence-electron chi connectivity index (χ1n) is 25.8. The molecule has 2 aromatic heterocycles. The van der Waals surface area contributed by atoms with Gasteiger partial charge in [0.15, 0.2) is 0 Å². The van der Waals surface area contributed by atoms with E-state index in [0.717, 1.165) is 28.1 Å². The molecule has 0 fully saturated rings. The minimum atomic E-state index is -2.54. The van der Waals surface area contributed by atoms with E-state index in [1.54, 1.807) is 24.3 Å². The van der Waals surface area contributed by atoms with Crippen LogP contribution in [0.2, 0.25) is 0 Å². The van der Waals surface area contributed by atoms with E-state index < -0.39 is 49.1 Å². The molecule has 0 bridgehead atoms. The van der Waals surface area contributed by atoms with Crippen LogP contribution in [0.1, 0.15) is 51.1 Å². The van der Waals surface area contributed by atoms with Gasteiger partial charge in [-0.1, -0.05) is 130 Å². The van der Waals surface area contributed by atoms with Crippen molar-refractivity contribution in [1.29, 1.82) is 0 Å². The number of hydrogen-bond acceptors (Lipinski definition) is 4. The van der Waals surface area contributed by atoms with Crippen molar-refractivity contribution >= 4 is 44.6 Å². The van der Waals surface area contributed by atoms with E-state index in [-0.39, 0.29) is 86.5 Å². The van der Waals surface area contributed by atoms with Crippen molar-refractivity contribution in [2.75, 3.05) is 16.5 Å². The summed E-state index contributed by atoms with van der Waals surface area (Å²) in [6.45, 7) is 4.04. The van der Waals surface area contributed by atoms with Crippen LogP contribution >= 0.6 is 0 Å². The van der Waals surface area contributed by atoms with Gasteiger partial charge in [0.05, 0.1) is 43.2 Å². The number of hydrogen-bond donors (Lipinski definition) is 0. The lowest BCUT2D eigenvalue weighted by Gasteiger charge is -2.28. The molecular weight excluding hydrogens is 709 g/mol. The molecule has 0 saturated heterocycles. The lowest BCUT2D eigenvalue weighted by atomic mass is 9.85. The summed E-state index contributed by atoms with van der Waals surface area (Å²) in [5, 5.41) is 0.00550. The number of aromatic nitrogens is 2. The molecule has 9 aromatic rings. The molecule has 10 rings (SSSR count). The highest BCUT2D eigenvalue weighted by Crippen LogP contribution is 2.50. The zero-order valence-corrected chi connectivity index (χ0v) is 31.9. The summed E-state index contributed by atoms with van der Waals surface area (Å²) in [6.07, 6.45) is 1.29. The molecule has 0 radical (unpaired) electrons. The largest absolute Gasteiger partial charge is 0.457 e. The zero-order valence-electron chi connectivity index (χ0n) is 45.9. The summed E-state index contributed by atoms with van der Waals surface area (Å²) in [5.41, 5.74) is 5.89. The Morgan fingerprint density at radius 1 is 0.621 bits per heavy atom.